The summed E-state index contributed by atoms with van der Waals surface area (Å²) in [5.41, 5.74) is 9.45. The van der Waals surface area contributed by atoms with Gasteiger partial charge in [-0.25, -0.2) is 4.39 Å². The Kier molecular flexibility index (Phi) is 8.60. The number of nitrogens with one attached hydrogen (secondary N) is 1. The highest BCUT2D eigenvalue weighted by atomic mass is 79.9. The van der Waals surface area contributed by atoms with Crippen molar-refractivity contribution >= 4 is 26.8 Å². The van der Waals surface area contributed by atoms with Gasteiger partial charge < -0.3 is 20.2 Å². The monoisotopic (exact) mass is 614 g/mol. The molecule has 41 heavy (non-hydrogen) atoms. The molecule has 2 heterocycles. The van der Waals surface area contributed by atoms with E-state index in [1.54, 1.807) is 12.3 Å². The van der Waals surface area contributed by atoms with Crippen LogP contribution in [-0.4, -0.2) is 27.0 Å². The first-order valence-corrected chi connectivity index (χ1v) is 14.3. The van der Waals surface area contributed by atoms with Crippen molar-refractivity contribution in [3.05, 3.63) is 101 Å². The van der Waals surface area contributed by atoms with Gasteiger partial charge in [0.15, 0.2) is 11.6 Å². The largest absolute Gasteiger partial charge is 0.454 e. The summed E-state index contributed by atoms with van der Waals surface area (Å²) >= 11 is 3.60. The Balaban J connectivity index is 1.39. The average molecular weight is 616 g/mol. The number of rotatable bonds is 11. The van der Waals surface area contributed by atoms with Crippen LogP contribution in [0.4, 0.5) is 4.39 Å². The molecule has 0 amide bonds. The molecule has 8 heteroatoms. The molecule has 0 saturated heterocycles. The number of hydrogen-bond acceptors (Lipinski definition) is 4. The number of aromatic nitrogens is 3. The van der Waals surface area contributed by atoms with E-state index in [4.69, 9.17) is 26.7 Å². The van der Waals surface area contributed by atoms with Gasteiger partial charge in [-0.05, 0) is 68.7 Å². The second-order valence-corrected chi connectivity index (χ2v) is 11.3. The van der Waals surface area contributed by atoms with Gasteiger partial charge in [-0.1, -0.05) is 46.1 Å². The number of aromatic amines is 1. The van der Waals surface area contributed by atoms with Gasteiger partial charge >= 0.3 is 0 Å². The molecule has 0 aliphatic carbocycles. The molecule has 1 unspecified atom stereocenters. The van der Waals surface area contributed by atoms with Crippen molar-refractivity contribution in [3.63, 3.8) is 0 Å². The van der Waals surface area contributed by atoms with Crippen LogP contribution in [0.3, 0.4) is 0 Å². The zero-order chi connectivity index (χ0) is 29.0. The Hall–Kier alpha value is -3.90. The Labute approximate surface area is 247 Å². The molecule has 6 nitrogen and oxygen atoms in total. The Morgan fingerprint density at radius 1 is 1.15 bits per heavy atom. The standard InChI is InChI=1S/C33H32BrFN4O2/c1-4-33(2,3)40-17-7-12-31(23-9-5-10-24(34)18-23)39-16-14-29(38-39)22-8-6-11-25(19-22)41-32-27(21-36)26-13-15-37-30(26)20-28(32)35/h1,5-6,8-11,13-16,18-20,31,37H,7,12,17,21,36H2,2-3H3. The van der Waals surface area contributed by atoms with Crippen LogP contribution in [0.25, 0.3) is 22.2 Å². The van der Waals surface area contributed by atoms with E-state index in [1.165, 1.54) is 6.07 Å². The van der Waals surface area contributed by atoms with Crippen LogP contribution in [0.1, 0.15) is 43.9 Å². The number of nitrogens with zero attached hydrogens (tertiary/aromatic N) is 2. The molecule has 210 valence electrons. The fourth-order valence-corrected chi connectivity index (χ4v) is 5.27. The van der Waals surface area contributed by atoms with Crippen molar-refractivity contribution in [3.8, 4) is 35.1 Å². The summed E-state index contributed by atoms with van der Waals surface area (Å²) < 4.78 is 29.9. The third kappa shape index (κ3) is 6.54. The number of fused-ring (bicyclic) bond motifs is 1. The lowest BCUT2D eigenvalue weighted by molar-refractivity contribution is 0.0239. The summed E-state index contributed by atoms with van der Waals surface area (Å²) in [5, 5.41) is 5.78. The average Bonchev–Trinajstić information content (AvgIpc) is 3.64. The Morgan fingerprint density at radius 2 is 1.98 bits per heavy atom. The minimum Gasteiger partial charge on any atom is -0.454 e. The van der Waals surface area contributed by atoms with Crippen LogP contribution in [-0.2, 0) is 11.3 Å². The lowest BCUT2D eigenvalue weighted by Gasteiger charge is -2.21. The molecule has 3 aromatic carbocycles. The number of H-pyrrole nitrogens is 1. The first kappa shape index (κ1) is 28.6. The van der Waals surface area contributed by atoms with Crippen molar-refractivity contribution in [1.82, 2.24) is 14.8 Å². The number of terminal acetylenes is 1. The normalized spacial score (nSPS) is 12.4. The lowest BCUT2D eigenvalue weighted by Crippen LogP contribution is -2.22. The van der Waals surface area contributed by atoms with Crippen molar-refractivity contribution in [2.24, 2.45) is 5.73 Å². The molecule has 0 radical (unpaired) electrons. The number of benzene rings is 3. The molecule has 5 rings (SSSR count). The van der Waals surface area contributed by atoms with Crippen LogP contribution < -0.4 is 10.5 Å². The minimum atomic E-state index is -0.599. The maximum atomic E-state index is 15.0. The van der Waals surface area contributed by atoms with E-state index in [-0.39, 0.29) is 18.3 Å². The summed E-state index contributed by atoms with van der Waals surface area (Å²) in [4.78, 5) is 3.03. The fraction of sp³-hybridized carbons (Fsp3) is 0.242. The second-order valence-electron chi connectivity index (χ2n) is 10.3. The van der Waals surface area contributed by atoms with Gasteiger partial charge in [0.05, 0.1) is 11.7 Å². The molecule has 5 aromatic rings. The van der Waals surface area contributed by atoms with E-state index in [0.717, 1.165) is 39.5 Å². The van der Waals surface area contributed by atoms with Crippen molar-refractivity contribution in [2.45, 2.75) is 44.9 Å². The molecule has 0 fully saturated rings. The van der Waals surface area contributed by atoms with Crippen molar-refractivity contribution in [2.75, 3.05) is 6.61 Å². The number of halogens is 2. The highest BCUT2D eigenvalue weighted by Crippen LogP contribution is 2.35. The maximum absolute atomic E-state index is 15.0. The van der Waals surface area contributed by atoms with E-state index in [2.05, 4.69) is 39.0 Å². The van der Waals surface area contributed by atoms with Crippen LogP contribution >= 0.6 is 15.9 Å². The number of nitrogens with two attached hydrogens (primary N) is 1. The smallest absolute Gasteiger partial charge is 0.168 e. The molecule has 0 saturated carbocycles. The van der Waals surface area contributed by atoms with Crippen molar-refractivity contribution < 1.29 is 13.9 Å². The topological polar surface area (TPSA) is 78.1 Å². The summed E-state index contributed by atoms with van der Waals surface area (Å²) in [6.07, 6.45) is 10.9. The zero-order valence-electron chi connectivity index (χ0n) is 23.0. The van der Waals surface area contributed by atoms with E-state index >= 15 is 4.39 Å². The molecule has 0 spiro atoms. The van der Waals surface area contributed by atoms with E-state index in [9.17, 15) is 0 Å². The molecule has 2 aromatic heterocycles. The van der Waals surface area contributed by atoms with Gasteiger partial charge in [0.25, 0.3) is 0 Å². The fourth-order valence-electron chi connectivity index (χ4n) is 4.85. The van der Waals surface area contributed by atoms with Crippen LogP contribution in [0.15, 0.2) is 83.6 Å². The molecular weight excluding hydrogens is 583 g/mol. The van der Waals surface area contributed by atoms with Gasteiger partial charge in [-0.3, -0.25) is 4.68 Å². The molecule has 0 aliphatic rings. The number of ether oxygens (including phenoxy) is 2. The van der Waals surface area contributed by atoms with Crippen LogP contribution in [0, 0.1) is 18.2 Å². The van der Waals surface area contributed by atoms with Gasteiger partial charge in [0.1, 0.15) is 11.4 Å². The van der Waals surface area contributed by atoms with Gasteiger partial charge in [-0.2, -0.15) is 5.10 Å². The van der Waals surface area contributed by atoms with Crippen molar-refractivity contribution in [1.29, 1.82) is 0 Å². The summed E-state index contributed by atoms with van der Waals surface area (Å²) in [7, 11) is 0. The van der Waals surface area contributed by atoms with E-state index in [0.29, 0.717) is 23.4 Å². The molecular formula is C33H32BrFN4O2. The highest BCUT2D eigenvalue weighted by Gasteiger charge is 2.19. The van der Waals surface area contributed by atoms with E-state index < -0.39 is 11.4 Å². The molecule has 3 N–H and O–H groups in total. The summed E-state index contributed by atoms with van der Waals surface area (Å²) in [6, 6.07) is 21.0. The second kappa shape index (κ2) is 12.3. The predicted molar refractivity (Wildman–Crippen MR) is 164 cm³/mol. The third-order valence-corrected chi connectivity index (χ3v) is 7.51. The SMILES string of the molecule is C#CC(C)(C)OCCCC(c1cccc(Br)c1)n1ccc(-c2cccc(Oc3c(F)cc4[nH]ccc4c3CN)c2)n1. The Bertz CT molecular complexity index is 1700. The maximum Gasteiger partial charge on any atom is 0.168 e. The third-order valence-electron chi connectivity index (χ3n) is 7.01. The van der Waals surface area contributed by atoms with Gasteiger partial charge in [0, 0.05) is 58.1 Å². The van der Waals surface area contributed by atoms with E-state index in [1.807, 2.05) is 67.2 Å². The van der Waals surface area contributed by atoms with Crippen LogP contribution in [0.2, 0.25) is 0 Å². The Morgan fingerprint density at radius 3 is 2.76 bits per heavy atom. The minimum absolute atomic E-state index is 0.00693. The molecule has 1 atom stereocenters. The molecule has 0 bridgehead atoms. The summed E-state index contributed by atoms with van der Waals surface area (Å²) in [5.74, 6) is 2.83. The predicted octanol–water partition coefficient (Wildman–Crippen LogP) is 7.98. The van der Waals surface area contributed by atoms with Gasteiger partial charge in [-0.15, -0.1) is 6.42 Å². The lowest BCUT2D eigenvalue weighted by atomic mass is 10.0. The first-order chi connectivity index (χ1) is 19.8. The van der Waals surface area contributed by atoms with Crippen LogP contribution in [0.5, 0.6) is 11.5 Å². The zero-order valence-corrected chi connectivity index (χ0v) is 24.6. The molecule has 0 aliphatic heterocycles. The summed E-state index contributed by atoms with van der Waals surface area (Å²) in [6.45, 7) is 4.47. The first-order valence-electron chi connectivity index (χ1n) is 13.5. The highest BCUT2D eigenvalue weighted by molar-refractivity contribution is 9.10. The quantitative estimate of drug-likeness (QED) is 0.117. The number of hydrogen-bond donors (Lipinski definition) is 2. The van der Waals surface area contributed by atoms with Gasteiger partial charge in [0.2, 0.25) is 0 Å².